The van der Waals surface area contributed by atoms with E-state index < -0.39 is 0 Å². The van der Waals surface area contributed by atoms with Gasteiger partial charge in [-0.15, -0.1) is 0 Å². The molecule has 0 bridgehead atoms. The molecule has 1 amide bonds. The summed E-state index contributed by atoms with van der Waals surface area (Å²) in [5.41, 5.74) is 2.61. The molecule has 8 heteroatoms. The zero-order valence-corrected chi connectivity index (χ0v) is 17.1. The quantitative estimate of drug-likeness (QED) is 0.652. The first-order valence-electron chi connectivity index (χ1n) is 10.6. The summed E-state index contributed by atoms with van der Waals surface area (Å²) in [5, 5.41) is 4.04. The summed E-state index contributed by atoms with van der Waals surface area (Å²) < 4.78 is 10.9. The van der Waals surface area contributed by atoms with Gasteiger partial charge in [-0.3, -0.25) is 4.79 Å². The van der Waals surface area contributed by atoms with Crippen molar-refractivity contribution in [3.63, 3.8) is 0 Å². The Bertz CT molecular complexity index is 1020. The molecule has 1 atom stereocenters. The van der Waals surface area contributed by atoms with E-state index in [1.54, 1.807) is 12.1 Å². The average Bonchev–Trinajstić information content (AvgIpc) is 3.55. The van der Waals surface area contributed by atoms with E-state index in [2.05, 4.69) is 15.0 Å². The third-order valence-electron chi connectivity index (χ3n) is 5.92. The standard InChI is InChI=1S/C22H25N5O3/c1-15-12-19(30-25-15)17-13-23-22(26-8-2-3-9-26)24-20(17)16-6-4-10-27(14-16)21(28)18-7-5-11-29-18/h5,7,11-13,16H,2-4,6,8-10,14H2,1H3. The predicted molar refractivity (Wildman–Crippen MR) is 110 cm³/mol. The van der Waals surface area contributed by atoms with Crippen LogP contribution in [0.1, 0.15) is 53.5 Å². The molecule has 5 rings (SSSR count). The van der Waals surface area contributed by atoms with Crippen molar-refractivity contribution in [2.24, 2.45) is 0 Å². The van der Waals surface area contributed by atoms with E-state index in [-0.39, 0.29) is 11.8 Å². The lowest BCUT2D eigenvalue weighted by Crippen LogP contribution is -2.39. The van der Waals surface area contributed by atoms with Gasteiger partial charge < -0.3 is 18.7 Å². The first kappa shape index (κ1) is 18.8. The number of furan rings is 1. The van der Waals surface area contributed by atoms with Gasteiger partial charge >= 0.3 is 0 Å². The molecule has 1 unspecified atom stereocenters. The van der Waals surface area contributed by atoms with Crippen LogP contribution < -0.4 is 4.90 Å². The molecule has 2 fully saturated rings. The van der Waals surface area contributed by atoms with E-state index in [1.807, 2.05) is 24.1 Å². The van der Waals surface area contributed by atoms with Crippen molar-refractivity contribution in [1.82, 2.24) is 20.0 Å². The second-order valence-corrected chi connectivity index (χ2v) is 8.06. The highest BCUT2D eigenvalue weighted by Crippen LogP contribution is 2.35. The largest absolute Gasteiger partial charge is 0.459 e. The third-order valence-corrected chi connectivity index (χ3v) is 5.92. The number of hydrogen-bond donors (Lipinski definition) is 0. The average molecular weight is 407 g/mol. The normalized spacial score (nSPS) is 19.4. The molecule has 30 heavy (non-hydrogen) atoms. The van der Waals surface area contributed by atoms with Crippen LogP contribution >= 0.6 is 0 Å². The van der Waals surface area contributed by atoms with Gasteiger partial charge in [0.2, 0.25) is 5.95 Å². The summed E-state index contributed by atoms with van der Waals surface area (Å²) >= 11 is 0. The van der Waals surface area contributed by atoms with Gasteiger partial charge in [-0.05, 0) is 44.7 Å². The second kappa shape index (κ2) is 7.93. The predicted octanol–water partition coefficient (Wildman–Crippen LogP) is 3.65. The zero-order chi connectivity index (χ0) is 20.5. The number of carbonyl (C=O) groups excluding carboxylic acids is 1. The van der Waals surface area contributed by atoms with E-state index in [9.17, 15) is 4.79 Å². The van der Waals surface area contributed by atoms with Crippen LogP contribution in [0.5, 0.6) is 0 Å². The minimum absolute atomic E-state index is 0.0735. The van der Waals surface area contributed by atoms with E-state index >= 15 is 0 Å². The molecule has 0 spiro atoms. The number of carbonyl (C=O) groups is 1. The van der Waals surface area contributed by atoms with Gasteiger partial charge in [0.05, 0.1) is 23.2 Å². The lowest BCUT2D eigenvalue weighted by Gasteiger charge is -2.33. The monoisotopic (exact) mass is 407 g/mol. The Morgan fingerprint density at radius 1 is 1.20 bits per heavy atom. The molecule has 2 aliphatic rings. The van der Waals surface area contributed by atoms with Crippen LogP contribution in [0.15, 0.2) is 39.6 Å². The van der Waals surface area contributed by atoms with Gasteiger partial charge in [-0.25, -0.2) is 9.97 Å². The molecule has 0 N–H and O–H groups in total. The van der Waals surface area contributed by atoms with Gasteiger partial charge in [-0.1, -0.05) is 5.16 Å². The molecule has 2 saturated heterocycles. The molecule has 0 radical (unpaired) electrons. The SMILES string of the molecule is Cc1cc(-c2cnc(N3CCCC3)nc2C2CCCN(C(=O)c3ccco3)C2)on1. The van der Waals surface area contributed by atoms with Crippen molar-refractivity contribution in [3.05, 3.63) is 47.8 Å². The van der Waals surface area contributed by atoms with Gasteiger partial charge in [0.25, 0.3) is 5.91 Å². The van der Waals surface area contributed by atoms with E-state index in [0.29, 0.717) is 18.1 Å². The van der Waals surface area contributed by atoms with Crippen LogP contribution in [0.3, 0.4) is 0 Å². The molecule has 156 valence electrons. The fourth-order valence-corrected chi connectivity index (χ4v) is 4.39. The highest BCUT2D eigenvalue weighted by Gasteiger charge is 2.31. The fourth-order valence-electron chi connectivity index (χ4n) is 4.39. The van der Waals surface area contributed by atoms with Crippen LogP contribution in [0.25, 0.3) is 11.3 Å². The second-order valence-electron chi connectivity index (χ2n) is 8.06. The number of rotatable bonds is 4. The first-order valence-corrected chi connectivity index (χ1v) is 10.6. The highest BCUT2D eigenvalue weighted by atomic mass is 16.5. The fraction of sp³-hybridized carbons (Fsp3) is 0.455. The maximum absolute atomic E-state index is 12.8. The number of hydrogen-bond acceptors (Lipinski definition) is 7. The number of amides is 1. The van der Waals surface area contributed by atoms with Crippen molar-refractivity contribution in [2.45, 2.75) is 38.5 Å². The molecule has 5 heterocycles. The summed E-state index contributed by atoms with van der Waals surface area (Å²) in [4.78, 5) is 26.5. The molecule has 0 aromatic carbocycles. The Morgan fingerprint density at radius 2 is 2.07 bits per heavy atom. The van der Waals surface area contributed by atoms with Crippen LogP contribution in [0.2, 0.25) is 0 Å². The van der Waals surface area contributed by atoms with Gasteiger partial charge in [0.1, 0.15) is 0 Å². The number of aromatic nitrogens is 3. The van der Waals surface area contributed by atoms with Crippen molar-refractivity contribution in [3.8, 4) is 11.3 Å². The van der Waals surface area contributed by atoms with E-state index in [4.69, 9.17) is 13.9 Å². The van der Waals surface area contributed by atoms with Crippen LogP contribution in [0.4, 0.5) is 5.95 Å². The van der Waals surface area contributed by atoms with Gasteiger partial charge in [-0.2, -0.15) is 0 Å². The van der Waals surface area contributed by atoms with Crippen LogP contribution in [0, 0.1) is 6.92 Å². The lowest BCUT2D eigenvalue weighted by atomic mass is 9.91. The zero-order valence-electron chi connectivity index (χ0n) is 17.1. The Labute approximate surface area is 174 Å². The van der Waals surface area contributed by atoms with Crippen molar-refractivity contribution < 1.29 is 13.7 Å². The van der Waals surface area contributed by atoms with Crippen molar-refractivity contribution in [1.29, 1.82) is 0 Å². The van der Waals surface area contributed by atoms with Crippen LogP contribution in [-0.4, -0.2) is 52.1 Å². The summed E-state index contributed by atoms with van der Waals surface area (Å²) in [6.07, 6.45) is 7.58. The summed E-state index contributed by atoms with van der Waals surface area (Å²) in [6.45, 7) is 5.17. The molecule has 8 nitrogen and oxygen atoms in total. The Hall–Kier alpha value is -3.16. The summed E-state index contributed by atoms with van der Waals surface area (Å²) in [5.74, 6) is 1.84. The minimum atomic E-state index is -0.0735. The van der Waals surface area contributed by atoms with Crippen molar-refractivity contribution in [2.75, 3.05) is 31.1 Å². The maximum Gasteiger partial charge on any atom is 0.289 e. The van der Waals surface area contributed by atoms with Crippen LogP contribution in [-0.2, 0) is 0 Å². The molecule has 0 aliphatic carbocycles. The minimum Gasteiger partial charge on any atom is -0.459 e. The highest BCUT2D eigenvalue weighted by molar-refractivity contribution is 5.91. The number of nitrogens with zero attached hydrogens (tertiary/aromatic N) is 5. The molecular weight excluding hydrogens is 382 g/mol. The third kappa shape index (κ3) is 3.58. The number of aryl methyl sites for hydroxylation is 1. The van der Waals surface area contributed by atoms with Crippen molar-refractivity contribution >= 4 is 11.9 Å². The molecular formula is C22H25N5O3. The summed E-state index contributed by atoms with van der Waals surface area (Å²) in [7, 11) is 0. The number of piperidine rings is 1. The smallest absolute Gasteiger partial charge is 0.289 e. The lowest BCUT2D eigenvalue weighted by molar-refractivity contribution is 0.0674. The topological polar surface area (TPSA) is 88.5 Å². The maximum atomic E-state index is 12.8. The van der Waals surface area contributed by atoms with Gasteiger partial charge in [0, 0.05) is 44.4 Å². The molecule has 3 aromatic heterocycles. The Kier molecular flexibility index (Phi) is 4.98. The molecule has 0 saturated carbocycles. The number of anilines is 1. The number of likely N-dealkylation sites (tertiary alicyclic amines) is 1. The van der Waals surface area contributed by atoms with E-state index in [0.717, 1.165) is 68.2 Å². The molecule has 2 aliphatic heterocycles. The molecule has 3 aromatic rings. The Balaban J connectivity index is 1.48. The van der Waals surface area contributed by atoms with Gasteiger partial charge in [0.15, 0.2) is 11.5 Å². The summed E-state index contributed by atoms with van der Waals surface area (Å²) in [6, 6.07) is 5.36. The first-order chi connectivity index (χ1) is 14.7. The van der Waals surface area contributed by atoms with E-state index in [1.165, 1.54) is 6.26 Å². The Morgan fingerprint density at radius 3 is 2.80 bits per heavy atom.